The molecule has 2 aromatic carbocycles. The first kappa shape index (κ1) is 31.6. The van der Waals surface area contributed by atoms with Gasteiger partial charge in [-0.25, -0.2) is 19.6 Å². The van der Waals surface area contributed by atoms with Gasteiger partial charge >= 0.3 is 18.3 Å². The van der Waals surface area contributed by atoms with Gasteiger partial charge in [0.2, 0.25) is 0 Å². The summed E-state index contributed by atoms with van der Waals surface area (Å²) in [5, 5.41) is 13.1. The van der Waals surface area contributed by atoms with Crippen LogP contribution in [0.15, 0.2) is 54.9 Å². The molecular formula is C28H33F3N8O3. The minimum absolute atomic E-state index is 0.00393. The smallest absolute Gasteiger partial charge is 0.416 e. The maximum Gasteiger partial charge on any atom is 0.416 e. The van der Waals surface area contributed by atoms with E-state index in [9.17, 15) is 22.8 Å². The highest BCUT2D eigenvalue weighted by Crippen LogP contribution is 2.30. The number of carbonyl (C=O) groups is 2. The second-order valence-corrected chi connectivity index (χ2v) is 10.3. The van der Waals surface area contributed by atoms with Crippen molar-refractivity contribution < 1.29 is 27.5 Å². The highest BCUT2D eigenvalue weighted by Gasteiger charge is 2.30. The van der Waals surface area contributed by atoms with E-state index in [4.69, 9.17) is 21.6 Å². The lowest BCUT2D eigenvalue weighted by atomic mass is 10.0. The van der Waals surface area contributed by atoms with Crippen LogP contribution >= 0.6 is 0 Å². The van der Waals surface area contributed by atoms with Crippen LogP contribution in [0.25, 0.3) is 0 Å². The molecule has 42 heavy (non-hydrogen) atoms. The van der Waals surface area contributed by atoms with Crippen LogP contribution in [0.4, 0.5) is 45.8 Å². The van der Waals surface area contributed by atoms with Crippen LogP contribution < -0.4 is 22.1 Å². The van der Waals surface area contributed by atoms with Crippen LogP contribution in [0.5, 0.6) is 0 Å². The Kier molecular flexibility index (Phi) is 9.94. The average molecular weight is 587 g/mol. The quantitative estimate of drug-likeness (QED) is 0.243. The number of urea groups is 1. The van der Waals surface area contributed by atoms with E-state index in [-0.39, 0.29) is 40.3 Å². The number of nitrogens with zero attached hydrogens (tertiary/aromatic N) is 3. The molecule has 0 bridgehead atoms. The molecule has 4 rings (SSSR count). The first-order valence-corrected chi connectivity index (χ1v) is 12.9. The number of alkyl halides is 3. The first-order valence-electron chi connectivity index (χ1n) is 12.9. The maximum absolute atomic E-state index is 12.8. The van der Waals surface area contributed by atoms with Gasteiger partial charge in [-0.1, -0.05) is 18.2 Å². The molecule has 11 nitrogen and oxygen atoms in total. The summed E-state index contributed by atoms with van der Waals surface area (Å²) in [6.45, 7) is 7.38. The molecule has 224 valence electrons. The molecule has 0 saturated carbocycles. The van der Waals surface area contributed by atoms with Crippen molar-refractivity contribution in [2.75, 3.05) is 35.2 Å². The van der Waals surface area contributed by atoms with Gasteiger partial charge < -0.3 is 31.7 Å². The fourth-order valence-corrected chi connectivity index (χ4v) is 3.83. The number of anilines is 4. The third-order valence-electron chi connectivity index (χ3n) is 5.79. The molecule has 1 fully saturated rings. The minimum atomic E-state index is -4.51. The van der Waals surface area contributed by atoms with Gasteiger partial charge in [-0.15, -0.1) is 0 Å². The Morgan fingerprint density at radius 2 is 1.50 bits per heavy atom. The van der Waals surface area contributed by atoms with Crippen molar-refractivity contribution in [2.24, 2.45) is 0 Å². The summed E-state index contributed by atoms with van der Waals surface area (Å²) in [6.07, 6.45) is -1.26. The number of hydrogen-bond donors (Lipinski definition) is 5. The van der Waals surface area contributed by atoms with Gasteiger partial charge in [-0.05, 0) is 63.9 Å². The predicted molar refractivity (Wildman–Crippen MR) is 154 cm³/mol. The zero-order valence-electron chi connectivity index (χ0n) is 23.4. The molecule has 1 saturated heterocycles. The highest BCUT2D eigenvalue weighted by molar-refractivity contribution is 6.16. The number of nitrogen functional groups attached to an aromatic ring is 2. The number of hydrogen-bond acceptors (Lipinski definition) is 8. The summed E-state index contributed by atoms with van der Waals surface area (Å²) in [5.74, 6) is 0.130. The second-order valence-electron chi connectivity index (χ2n) is 10.3. The van der Waals surface area contributed by atoms with Crippen molar-refractivity contribution in [2.45, 2.75) is 45.4 Å². The lowest BCUT2D eigenvalue weighted by molar-refractivity contribution is -0.137. The summed E-state index contributed by atoms with van der Waals surface area (Å²) in [4.78, 5) is 32.8. The number of aromatic nitrogens is 2. The van der Waals surface area contributed by atoms with Crippen molar-refractivity contribution in [1.29, 1.82) is 5.41 Å². The molecular weight excluding hydrogens is 553 g/mol. The normalized spacial score (nSPS) is 13.0. The van der Waals surface area contributed by atoms with Crippen LogP contribution in [0, 0.1) is 5.41 Å². The molecule has 0 aliphatic carbocycles. The van der Waals surface area contributed by atoms with Gasteiger partial charge in [-0.2, -0.15) is 13.2 Å². The molecule has 3 amide bonds. The Hall–Kier alpha value is -4.88. The molecule has 1 aliphatic rings. The zero-order valence-corrected chi connectivity index (χ0v) is 23.4. The van der Waals surface area contributed by atoms with Crippen molar-refractivity contribution in [3.8, 4) is 0 Å². The Morgan fingerprint density at radius 3 is 2.05 bits per heavy atom. The van der Waals surface area contributed by atoms with E-state index in [2.05, 4.69) is 20.6 Å². The Balaban J connectivity index is 0.000000337. The Morgan fingerprint density at radius 1 is 0.929 bits per heavy atom. The lowest BCUT2D eigenvalue weighted by Gasteiger charge is -2.23. The van der Waals surface area contributed by atoms with Crippen LogP contribution in [-0.2, 0) is 10.9 Å². The maximum atomic E-state index is 12.8. The van der Waals surface area contributed by atoms with Crippen LogP contribution in [-0.4, -0.2) is 51.4 Å². The molecule has 7 N–H and O–H groups in total. The van der Waals surface area contributed by atoms with E-state index in [1.807, 2.05) is 20.8 Å². The number of benzene rings is 2. The van der Waals surface area contributed by atoms with Gasteiger partial charge in [-0.3, -0.25) is 5.41 Å². The van der Waals surface area contributed by atoms with E-state index in [1.54, 1.807) is 17.0 Å². The zero-order chi connectivity index (χ0) is 31.1. The average Bonchev–Trinajstić information content (AvgIpc) is 3.44. The third kappa shape index (κ3) is 9.08. The van der Waals surface area contributed by atoms with Crippen molar-refractivity contribution in [3.63, 3.8) is 0 Å². The number of likely N-dealkylation sites (tertiary alicyclic amines) is 1. The SMILES string of the molecule is CC(C)(C)OC(=O)N1CCCC1.N=C(c1ccc(NC(=O)Nc2cccc(C(F)(F)F)c2)cc1)c1c(N)ncnc1N. The number of nitrogens with two attached hydrogens (primary N) is 2. The van der Waals surface area contributed by atoms with Crippen LogP contribution in [0.3, 0.4) is 0 Å². The van der Waals surface area contributed by atoms with Crippen molar-refractivity contribution in [3.05, 3.63) is 71.5 Å². The third-order valence-corrected chi connectivity index (χ3v) is 5.79. The number of ether oxygens (including phenoxy) is 1. The molecule has 14 heteroatoms. The number of halogens is 3. The number of nitrogens with one attached hydrogen (secondary N) is 3. The Labute approximate surface area is 241 Å². The minimum Gasteiger partial charge on any atom is -0.444 e. The summed E-state index contributed by atoms with van der Waals surface area (Å²) in [6, 6.07) is 9.70. The summed E-state index contributed by atoms with van der Waals surface area (Å²) < 4.78 is 43.5. The van der Waals surface area contributed by atoms with E-state index < -0.39 is 17.8 Å². The van der Waals surface area contributed by atoms with Crippen molar-refractivity contribution in [1.82, 2.24) is 14.9 Å². The molecule has 0 unspecified atom stereocenters. The first-order chi connectivity index (χ1) is 19.6. The summed E-state index contributed by atoms with van der Waals surface area (Å²) in [7, 11) is 0. The fraction of sp³-hybridized carbons (Fsp3) is 0.321. The van der Waals surface area contributed by atoms with Crippen molar-refractivity contribution >= 4 is 40.8 Å². The Bertz CT molecular complexity index is 1400. The van der Waals surface area contributed by atoms with E-state index in [0.717, 1.165) is 38.1 Å². The summed E-state index contributed by atoms with van der Waals surface area (Å²) >= 11 is 0. The number of amides is 3. The van der Waals surface area contributed by atoms with E-state index >= 15 is 0 Å². The van der Waals surface area contributed by atoms with Gasteiger partial charge in [0.1, 0.15) is 23.6 Å². The molecule has 0 atom stereocenters. The second kappa shape index (κ2) is 13.2. The van der Waals surface area contributed by atoms with Crippen LogP contribution in [0.1, 0.15) is 50.3 Å². The lowest BCUT2D eigenvalue weighted by Crippen LogP contribution is -2.34. The largest absolute Gasteiger partial charge is 0.444 e. The number of carbonyl (C=O) groups excluding carboxylic acids is 2. The van der Waals surface area contributed by atoms with Gasteiger partial charge in [0.05, 0.1) is 16.8 Å². The van der Waals surface area contributed by atoms with Crippen LogP contribution in [0.2, 0.25) is 0 Å². The van der Waals surface area contributed by atoms with Gasteiger partial charge in [0.15, 0.2) is 0 Å². The fourth-order valence-electron chi connectivity index (χ4n) is 3.83. The molecule has 3 aromatic rings. The topological polar surface area (TPSA) is 172 Å². The molecule has 1 aromatic heterocycles. The standard InChI is InChI=1S/C19H16F3N7O.C9H17NO2/c20-19(21,22)11-2-1-3-13(8-11)29-18(30)28-12-6-4-10(5-7-12)15(23)14-16(24)26-9-27-17(14)25;1-9(2,3)12-8(11)10-6-4-5-7-10/h1-9,23H,(H2,28,29,30)(H4,24,25,26,27);4-7H2,1-3H3. The summed E-state index contributed by atoms with van der Waals surface area (Å²) in [5.41, 5.74) is 11.3. The predicted octanol–water partition coefficient (Wildman–Crippen LogP) is 5.74. The van der Waals surface area contributed by atoms with E-state index in [1.165, 1.54) is 30.6 Å². The number of rotatable bonds is 4. The van der Waals surface area contributed by atoms with Gasteiger partial charge in [0.25, 0.3) is 0 Å². The molecule has 2 heterocycles. The monoisotopic (exact) mass is 586 g/mol. The van der Waals surface area contributed by atoms with E-state index in [0.29, 0.717) is 11.3 Å². The molecule has 1 aliphatic heterocycles. The molecule has 0 spiro atoms. The molecule has 0 radical (unpaired) electrons. The van der Waals surface area contributed by atoms with Gasteiger partial charge in [0, 0.05) is 30.0 Å². The highest BCUT2D eigenvalue weighted by atomic mass is 19.4.